The van der Waals surface area contributed by atoms with E-state index < -0.39 is 12.8 Å². The van der Waals surface area contributed by atoms with Gasteiger partial charge in [-0.2, -0.15) is 0 Å². The lowest BCUT2D eigenvalue weighted by atomic mass is 10.2. The quantitative estimate of drug-likeness (QED) is 0.580. The van der Waals surface area contributed by atoms with E-state index >= 15 is 0 Å². The molecule has 0 aliphatic carbocycles. The molecule has 52 valence electrons. The minimum atomic E-state index is -0.535. The molecule has 3 nitrogen and oxygen atoms in total. The van der Waals surface area contributed by atoms with Crippen LogP contribution in [0.2, 0.25) is 0 Å². The highest BCUT2D eigenvalue weighted by molar-refractivity contribution is 5.86. The van der Waals surface area contributed by atoms with Crippen LogP contribution < -0.4 is 0 Å². The van der Waals surface area contributed by atoms with Gasteiger partial charge in [-0.05, 0) is 0 Å². The lowest BCUT2D eigenvalue weighted by Gasteiger charge is -1.98. The summed E-state index contributed by atoms with van der Waals surface area (Å²) < 4.78 is 11.7. The highest BCUT2D eigenvalue weighted by Gasteiger charge is 2.19. The molecule has 1 aliphatic rings. The highest BCUT2D eigenvalue weighted by atomic mass is 19.1. The molecule has 0 aromatic heterocycles. The molecule has 1 atom stereocenters. The third kappa shape index (κ3) is 1.38. The predicted octanol–water partition coefficient (Wildman–Crippen LogP) is 0.0931. The summed E-state index contributed by atoms with van der Waals surface area (Å²) in [6.07, 6.45) is -0.0281. The lowest BCUT2D eigenvalue weighted by molar-refractivity contribution is 0.0656. The van der Waals surface area contributed by atoms with E-state index in [0.717, 1.165) is 0 Å². The van der Waals surface area contributed by atoms with Crippen LogP contribution in [0.3, 0.4) is 0 Å². The van der Waals surface area contributed by atoms with Crippen molar-refractivity contribution in [2.45, 2.75) is 12.5 Å². The maximum absolute atomic E-state index is 11.7. The number of rotatable bonds is 2. The van der Waals surface area contributed by atoms with Gasteiger partial charge in [-0.15, -0.1) is 0 Å². The standard InChI is InChI=1S/C5H8FNO2/c6-2-5-1-4(3-8)7-9-5/h5,8H,1-3H2. The molecule has 1 unspecified atom stereocenters. The second kappa shape index (κ2) is 2.77. The molecule has 0 radical (unpaired) electrons. The zero-order valence-electron chi connectivity index (χ0n) is 4.88. The maximum atomic E-state index is 11.7. The number of hydrogen-bond acceptors (Lipinski definition) is 3. The van der Waals surface area contributed by atoms with E-state index in [2.05, 4.69) is 9.99 Å². The average Bonchev–Trinajstić information content (AvgIpc) is 2.34. The molecule has 9 heavy (non-hydrogen) atoms. The van der Waals surface area contributed by atoms with Crippen molar-refractivity contribution >= 4 is 5.71 Å². The van der Waals surface area contributed by atoms with Gasteiger partial charge in [-0.3, -0.25) is 0 Å². The molecular formula is C5H8FNO2. The number of alkyl halides is 1. The number of aliphatic hydroxyl groups is 1. The van der Waals surface area contributed by atoms with Gasteiger partial charge in [-0.25, -0.2) is 4.39 Å². The van der Waals surface area contributed by atoms with Crippen molar-refractivity contribution in [1.82, 2.24) is 0 Å². The molecule has 0 aromatic rings. The second-order valence-electron chi connectivity index (χ2n) is 1.90. The Balaban J connectivity index is 2.31. The molecule has 1 heterocycles. The predicted molar refractivity (Wildman–Crippen MR) is 30.0 cm³/mol. The molecule has 0 saturated heterocycles. The smallest absolute Gasteiger partial charge is 0.161 e. The molecule has 4 heteroatoms. The largest absolute Gasteiger partial charge is 0.390 e. The average molecular weight is 133 g/mol. The summed E-state index contributed by atoms with van der Waals surface area (Å²) in [5, 5.41) is 11.9. The van der Waals surface area contributed by atoms with E-state index in [9.17, 15) is 4.39 Å². The molecule has 0 aromatic carbocycles. The van der Waals surface area contributed by atoms with Crippen molar-refractivity contribution in [1.29, 1.82) is 0 Å². The number of nitrogens with zero attached hydrogens (tertiary/aromatic N) is 1. The molecule has 0 fully saturated rings. The molecule has 1 aliphatic heterocycles. The molecule has 0 spiro atoms. The summed E-state index contributed by atoms with van der Waals surface area (Å²) in [5.74, 6) is 0. The van der Waals surface area contributed by atoms with E-state index in [1.54, 1.807) is 0 Å². The van der Waals surface area contributed by atoms with E-state index in [-0.39, 0.29) is 6.61 Å². The third-order valence-electron chi connectivity index (χ3n) is 1.15. The monoisotopic (exact) mass is 133 g/mol. The van der Waals surface area contributed by atoms with Gasteiger partial charge in [0, 0.05) is 6.42 Å². The van der Waals surface area contributed by atoms with Crippen LogP contribution in [0, 0.1) is 0 Å². The van der Waals surface area contributed by atoms with Crippen LogP contribution in [0.1, 0.15) is 6.42 Å². The van der Waals surface area contributed by atoms with Crippen LogP contribution in [0.15, 0.2) is 5.16 Å². The first-order valence-corrected chi connectivity index (χ1v) is 2.75. The van der Waals surface area contributed by atoms with Gasteiger partial charge < -0.3 is 9.94 Å². The van der Waals surface area contributed by atoms with Gasteiger partial charge in [0.15, 0.2) is 6.10 Å². The molecule has 0 bridgehead atoms. The van der Waals surface area contributed by atoms with Crippen molar-refractivity contribution in [2.24, 2.45) is 5.16 Å². The summed E-state index contributed by atoms with van der Waals surface area (Å²) in [6.45, 7) is -0.663. The zero-order chi connectivity index (χ0) is 6.69. The van der Waals surface area contributed by atoms with Crippen LogP contribution in [-0.4, -0.2) is 30.2 Å². The van der Waals surface area contributed by atoms with Crippen LogP contribution in [0.25, 0.3) is 0 Å². The van der Waals surface area contributed by atoms with Crippen molar-refractivity contribution in [3.05, 3.63) is 0 Å². The Morgan fingerprint density at radius 2 is 2.67 bits per heavy atom. The number of halogens is 1. The summed E-state index contributed by atoms with van der Waals surface area (Å²) in [6, 6.07) is 0. The molecule has 0 saturated carbocycles. The summed E-state index contributed by atoms with van der Waals surface area (Å²) in [5.41, 5.74) is 0.526. The normalized spacial score (nSPS) is 25.6. The number of oxime groups is 1. The lowest BCUT2D eigenvalue weighted by Crippen LogP contribution is -2.11. The first kappa shape index (κ1) is 6.48. The third-order valence-corrected chi connectivity index (χ3v) is 1.15. The van der Waals surface area contributed by atoms with E-state index in [1.807, 2.05) is 0 Å². The minimum Gasteiger partial charge on any atom is -0.390 e. The molecular weight excluding hydrogens is 125 g/mol. The van der Waals surface area contributed by atoms with Crippen molar-refractivity contribution in [3.8, 4) is 0 Å². The van der Waals surface area contributed by atoms with Gasteiger partial charge in [0.05, 0.1) is 12.3 Å². The van der Waals surface area contributed by atoms with E-state index in [4.69, 9.17) is 5.11 Å². The van der Waals surface area contributed by atoms with Crippen LogP contribution in [0.4, 0.5) is 4.39 Å². The van der Waals surface area contributed by atoms with Gasteiger partial charge in [0.1, 0.15) is 6.67 Å². The van der Waals surface area contributed by atoms with E-state index in [1.165, 1.54) is 0 Å². The first-order valence-electron chi connectivity index (χ1n) is 2.75. The number of aliphatic hydroxyl groups excluding tert-OH is 1. The van der Waals surface area contributed by atoms with E-state index in [0.29, 0.717) is 12.1 Å². The number of hydrogen-bond donors (Lipinski definition) is 1. The zero-order valence-corrected chi connectivity index (χ0v) is 4.88. The summed E-state index contributed by atoms with van der Waals surface area (Å²) in [7, 11) is 0. The molecule has 1 rings (SSSR count). The van der Waals surface area contributed by atoms with Crippen molar-refractivity contribution in [2.75, 3.05) is 13.3 Å². The van der Waals surface area contributed by atoms with Gasteiger partial charge in [-0.1, -0.05) is 5.16 Å². The Labute approximate surface area is 52.1 Å². The fourth-order valence-corrected chi connectivity index (χ4v) is 0.663. The molecule has 0 amide bonds. The van der Waals surface area contributed by atoms with Crippen LogP contribution in [0.5, 0.6) is 0 Å². The van der Waals surface area contributed by atoms with Crippen LogP contribution >= 0.6 is 0 Å². The Bertz CT molecular complexity index is 126. The SMILES string of the molecule is OCC1=NOC(CF)C1. The second-order valence-corrected chi connectivity index (χ2v) is 1.90. The Kier molecular flexibility index (Phi) is 2.00. The maximum Gasteiger partial charge on any atom is 0.161 e. The topological polar surface area (TPSA) is 41.8 Å². The fourth-order valence-electron chi connectivity index (χ4n) is 0.663. The fraction of sp³-hybridized carbons (Fsp3) is 0.800. The Morgan fingerprint density at radius 1 is 1.89 bits per heavy atom. The van der Waals surface area contributed by atoms with Crippen molar-refractivity contribution < 1.29 is 14.3 Å². The summed E-state index contributed by atoms with van der Waals surface area (Å²) in [4.78, 5) is 4.56. The van der Waals surface area contributed by atoms with Crippen molar-refractivity contribution in [3.63, 3.8) is 0 Å². The first-order chi connectivity index (χ1) is 4.36. The van der Waals surface area contributed by atoms with Crippen LogP contribution in [-0.2, 0) is 4.84 Å². The summed E-state index contributed by atoms with van der Waals surface area (Å²) >= 11 is 0. The molecule has 1 N–H and O–H groups in total. The highest BCUT2D eigenvalue weighted by Crippen LogP contribution is 2.09. The Hall–Kier alpha value is -0.640. The van der Waals surface area contributed by atoms with Gasteiger partial charge >= 0.3 is 0 Å². The van der Waals surface area contributed by atoms with Gasteiger partial charge in [0.25, 0.3) is 0 Å². The van der Waals surface area contributed by atoms with Gasteiger partial charge in [0.2, 0.25) is 0 Å². The Morgan fingerprint density at radius 3 is 3.00 bits per heavy atom. The minimum absolute atomic E-state index is 0.128.